The molecular weight excluding hydrogens is 284 g/mol. The summed E-state index contributed by atoms with van der Waals surface area (Å²) in [5.41, 5.74) is 0. The fourth-order valence-electron chi connectivity index (χ4n) is 3.96. The highest BCUT2D eigenvalue weighted by atomic mass is 15.2. The molecule has 2 aliphatic rings. The van der Waals surface area contributed by atoms with Gasteiger partial charge in [0.15, 0.2) is 5.96 Å². The van der Waals surface area contributed by atoms with Crippen molar-refractivity contribution in [1.82, 2.24) is 15.5 Å². The van der Waals surface area contributed by atoms with E-state index >= 15 is 0 Å². The Morgan fingerprint density at radius 3 is 2.26 bits per heavy atom. The zero-order valence-electron chi connectivity index (χ0n) is 15.6. The van der Waals surface area contributed by atoms with Crippen LogP contribution in [0.1, 0.15) is 72.1 Å². The summed E-state index contributed by atoms with van der Waals surface area (Å²) in [6, 6.07) is 1.47. The van der Waals surface area contributed by atoms with E-state index < -0.39 is 0 Å². The molecule has 2 rings (SSSR count). The molecule has 1 aliphatic heterocycles. The molecule has 2 fully saturated rings. The van der Waals surface area contributed by atoms with Crippen molar-refractivity contribution in [3.05, 3.63) is 0 Å². The number of piperidine rings is 1. The quantitative estimate of drug-likeness (QED) is 0.557. The topological polar surface area (TPSA) is 39.7 Å². The molecule has 0 aromatic rings. The van der Waals surface area contributed by atoms with E-state index in [4.69, 9.17) is 4.99 Å². The average molecular weight is 323 g/mol. The van der Waals surface area contributed by atoms with Gasteiger partial charge in [0, 0.05) is 38.3 Å². The van der Waals surface area contributed by atoms with Gasteiger partial charge in [-0.3, -0.25) is 4.99 Å². The summed E-state index contributed by atoms with van der Waals surface area (Å²) >= 11 is 0. The van der Waals surface area contributed by atoms with E-state index in [9.17, 15) is 0 Å². The minimum absolute atomic E-state index is 0.590. The molecule has 0 spiro atoms. The Bertz CT molecular complexity index is 337. The highest BCUT2D eigenvalue weighted by Gasteiger charge is 2.27. The van der Waals surface area contributed by atoms with Crippen molar-refractivity contribution in [3.8, 4) is 0 Å². The lowest BCUT2D eigenvalue weighted by Crippen LogP contribution is -2.50. The van der Waals surface area contributed by atoms with Gasteiger partial charge in [0.25, 0.3) is 0 Å². The zero-order chi connectivity index (χ0) is 16.5. The lowest BCUT2D eigenvalue weighted by Gasteiger charge is -2.36. The van der Waals surface area contributed by atoms with Crippen molar-refractivity contribution in [2.75, 3.05) is 26.2 Å². The van der Waals surface area contributed by atoms with Crippen LogP contribution >= 0.6 is 0 Å². The molecule has 0 unspecified atom stereocenters. The van der Waals surface area contributed by atoms with Crippen LogP contribution in [0, 0.1) is 5.92 Å². The molecule has 1 heterocycles. The lowest BCUT2D eigenvalue weighted by atomic mass is 10.0. The smallest absolute Gasteiger partial charge is 0.191 e. The van der Waals surface area contributed by atoms with Crippen LogP contribution in [0.5, 0.6) is 0 Å². The summed E-state index contributed by atoms with van der Waals surface area (Å²) in [6.07, 6.45) is 10.7. The Morgan fingerprint density at radius 1 is 1.04 bits per heavy atom. The number of hydrogen-bond donors (Lipinski definition) is 2. The van der Waals surface area contributed by atoms with Gasteiger partial charge >= 0.3 is 0 Å². The van der Waals surface area contributed by atoms with Gasteiger partial charge in [-0.1, -0.05) is 39.5 Å². The largest absolute Gasteiger partial charge is 0.357 e. The maximum Gasteiger partial charge on any atom is 0.191 e. The second-order valence-corrected chi connectivity index (χ2v) is 7.30. The maximum atomic E-state index is 4.83. The maximum absolute atomic E-state index is 4.83. The number of guanidine groups is 1. The minimum atomic E-state index is 0.590. The van der Waals surface area contributed by atoms with E-state index in [0.29, 0.717) is 6.04 Å². The molecule has 1 saturated carbocycles. The molecule has 4 nitrogen and oxygen atoms in total. The van der Waals surface area contributed by atoms with E-state index in [1.165, 1.54) is 64.5 Å². The fourth-order valence-corrected chi connectivity index (χ4v) is 3.96. The Kier molecular flexibility index (Phi) is 8.21. The van der Waals surface area contributed by atoms with Crippen LogP contribution < -0.4 is 10.6 Å². The number of rotatable bonds is 7. The number of nitrogens with one attached hydrogen (secondary N) is 2. The first-order chi connectivity index (χ1) is 11.3. The molecular formula is C19H38N4. The summed E-state index contributed by atoms with van der Waals surface area (Å²) in [5.74, 6) is 1.74. The van der Waals surface area contributed by atoms with E-state index in [1.807, 2.05) is 0 Å². The number of aliphatic imine (C=N–C) groups is 1. The number of nitrogens with zero attached hydrogens (tertiary/aromatic N) is 2. The van der Waals surface area contributed by atoms with E-state index in [1.54, 1.807) is 0 Å². The normalized spacial score (nSPS) is 22.0. The predicted octanol–water partition coefficient (Wildman–Crippen LogP) is 3.38. The minimum Gasteiger partial charge on any atom is -0.357 e. The molecule has 0 radical (unpaired) electrons. The third-order valence-electron chi connectivity index (χ3n) is 5.72. The Labute approximate surface area is 143 Å². The first-order valence-corrected chi connectivity index (χ1v) is 10.1. The van der Waals surface area contributed by atoms with Crippen LogP contribution in [0.15, 0.2) is 4.99 Å². The zero-order valence-corrected chi connectivity index (χ0v) is 15.6. The fraction of sp³-hybridized carbons (Fsp3) is 0.947. The van der Waals surface area contributed by atoms with Gasteiger partial charge in [0.2, 0.25) is 0 Å². The van der Waals surface area contributed by atoms with Gasteiger partial charge < -0.3 is 15.5 Å². The van der Waals surface area contributed by atoms with E-state index in [-0.39, 0.29) is 0 Å². The van der Waals surface area contributed by atoms with Gasteiger partial charge in [-0.05, 0) is 38.5 Å². The van der Waals surface area contributed by atoms with Crippen molar-refractivity contribution < 1.29 is 0 Å². The Balaban J connectivity index is 1.77. The van der Waals surface area contributed by atoms with Gasteiger partial charge in [0.1, 0.15) is 0 Å². The molecule has 1 saturated heterocycles. The summed E-state index contributed by atoms with van der Waals surface area (Å²) in [4.78, 5) is 7.56. The molecule has 23 heavy (non-hydrogen) atoms. The second kappa shape index (κ2) is 10.2. The molecule has 0 bridgehead atoms. The first kappa shape index (κ1) is 18.6. The highest BCUT2D eigenvalue weighted by Crippen LogP contribution is 2.26. The van der Waals surface area contributed by atoms with Crippen LogP contribution in [-0.2, 0) is 0 Å². The SMILES string of the molecule is CCNC(=NCC(CC)CC)NC1CCN(C2CCCC2)CC1. The average Bonchev–Trinajstić information content (AvgIpc) is 3.11. The van der Waals surface area contributed by atoms with Gasteiger partial charge in [-0.15, -0.1) is 0 Å². The summed E-state index contributed by atoms with van der Waals surface area (Å²) < 4.78 is 0. The number of likely N-dealkylation sites (tertiary alicyclic amines) is 1. The van der Waals surface area contributed by atoms with Crippen LogP contribution in [0.4, 0.5) is 0 Å². The summed E-state index contributed by atoms with van der Waals surface area (Å²) in [7, 11) is 0. The van der Waals surface area contributed by atoms with Crippen molar-refractivity contribution in [2.45, 2.75) is 84.2 Å². The summed E-state index contributed by atoms with van der Waals surface area (Å²) in [5, 5.41) is 7.11. The van der Waals surface area contributed by atoms with Gasteiger partial charge in [-0.25, -0.2) is 0 Å². The monoisotopic (exact) mass is 322 g/mol. The van der Waals surface area contributed by atoms with Crippen LogP contribution in [0.3, 0.4) is 0 Å². The predicted molar refractivity (Wildman–Crippen MR) is 100 cm³/mol. The second-order valence-electron chi connectivity index (χ2n) is 7.30. The van der Waals surface area contributed by atoms with Crippen LogP contribution in [-0.4, -0.2) is 49.1 Å². The Hall–Kier alpha value is -0.770. The molecule has 134 valence electrons. The van der Waals surface area contributed by atoms with Crippen LogP contribution in [0.2, 0.25) is 0 Å². The molecule has 0 atom stereocenters. The van der Waals surface area contributed by atoms with Crippen molar-refractivity contribution in [1.29, 1.82) is 0 Å². The third-order valence-corrected chi connectivity index (χ3v) is 5.72. The third kappa shape index (κ3) is 5.98. The van der Waals surface area contributed by atoms with Crippen molar-refractivity contribution in [2.24, 2.45) is 10.9 Å². The molecule has 0 aromatic heterocycles. The molecule has 4 heteroatoms. The highest BCUT2D eigenvalue weighted by molar-refractivity contribution is 5.80. The van der Waals surface area contributed by atoms with Crippen LogP contribution in [0.25, 0.3) is 0 Å². The summed E-state index contributed by atoms with van der Waals surface area (Å²) in [6.45, 7) is 11.1. The first-order valence-electron chi connectivity index (χ1n) is 10.1. The molecule has 0 amide bonds. The van der Waals surface area contributed by atoms with E-state index in [2.05, 4.69) is 36.3 Å². The standard InChI is InChI=1S/C19H38N4/c1-4-16(5-2)15-21-19(20-6-3)22-17-11-13-23(14-12-17)18-9-7-8-10-18/h16-18H,4-15H2,1-3H3,(H2,20,21,22). The van der Waals surface area contributed by atoms with Crippen molar-refractivity contribution in [3.63, 3.8) is 0 Å². The molecule has 2 N–H and O–H groups in total. The lowest BCUT2D eigenvalue weighted by molar-refractivity contribution is 0.150. The van der Waals surface area contributed by atoms with Crippen molar-refractivity contribution >= 4 is 5.96 Å². The Morgan fingerprint density at radius 2 is 1.70 bits per heavy atom. The van der Waals surface area contributed by atoms with Gasteiger partial charge in [0.05, 0.1) is 0 Å². The van der Waals surface area contributed by atoms with E-state index in [0.717, 1.165) is 31.0 Å². The van der Waals surface area contributed by atoms with Gasteiger partial charge in [-0.2, -0.15) is 0 Å². The number of hydrogen-bond acceptors (Lipinski definition) is 2. The molecule has 1 aliphatic carbocycles. The molecule has 0 aromatic carbocycles.